The Bertz CT molecular complexity index is 1890. The minimum atomic E-state index is -4.96. The van der Waals surface area contributed by atoms with E-state index in [1.165, 1.54) is 212 Å². The quantitative estimate of drug-likeness (QED) is 0.0222. The van der Waals surface area contributed by atoms with Crippen molar-refractivity contribution in [3.05, 3.63) is 0 Å². The van der Waals surface area contributed by atoms with Gasteiger partial charge in [0.15, 0.2) is 12.2 Å². The van der Waals surface area contributed by atoms with Crippen LogP contribution in [0.5, 0.6) is 0 Å². The molecule has 0 heterocycles. The Morgan fingerprint density at radius 2 is 0.526 bits per heavy atom. The number of hydrogen-bond donors (Lipinski definition) is 3. The molecule has 0 aliphatic carbocycles. The average Bonchev–Trinajstić information content (AvgIpc) is 1.60. The third kappa shape index (κ3) is 69.5. The molecule has 0 aliphatic rings. The van der Waals surface area contributed by atoms with Crippen molar-refractivity contribution >= 4 is 39.5 Å². The van der Waals surface area contributed by atoms with E-state index < -0.39 is 97.5 Å². The Balaban J connectivity index is 5.24. The van der Waals surface area contributed by atoms with Gasteiger partial charge in [-0.25, -0.2) is 9.13 Å². The fourth-order valence-electron chi connectivity index (χ4n) is 11.9. The molecule has 0 spiro atoms. The molecular formula is C78H152O17P2. The smallest absolute Gasteiger partial charge is 0.462 e. The maximum absolute atomic E-state index is 13.1. The molecule has 0 radical (unpaired) electrons. The predicted molar refractivity (Wildman–Crippen MR) is 395 cm³/mol. The van der Waals surface area contributed by atoms with Crippen molar-refractivity contribution in [1.29, 1.82) is 0 Å². The summed E-state index contributed by atoms with van der Waals surface area (Å²) in [6, 6.07) is 0. The first-order valence-electron chi connectivity index (χ1n) is 40.4. The zero-order valence-corrected chi connectivity index (χ0v) is 65.3. The highest BCUT2D eigenvalue weighted by atomic mass is 31.2. The molecular weight excluding hydrogens is 1270 g/mol. The van der Waals surface area contributed by atoms with E-state index in [0.717, 1.165) is 108 Å². The first-order valence-corrected chi connectivity index (χ1v) is 43.4. The number of carbonyl (C=O) groups excluding carboxylic acids is 4. The van der Waals surface area contributed by atoms with E-state index >= 15 is 0 Å². The van der Waals surface area contributed by atoms with Crippen molar-refractivity contribution in [3.8, 4) is 0 Å². The van der Waals surface area contributed by atoms with Gasteiger partial charge in [0.1, 0.15) is 19.3 Å². The largest absolute Gasteiger partial charge is 0.472 e. The molecule has 7 atom stereocenters. The fourth-order valence-corrected chi connectivity index (χ4v) is 13.5. The number of unbranched alkanes of at least 4 members (excludes halogenated alkanes) is 42. The molecule has 19 heteroatoms. The molecule has 0 saturated heterocycles. The number of hydrogen-bond acceptors (Lipinski definition) is 15. The first kappa shape index (κ1) is 95.1. The Morgan fingerprint density at radius 3 is 0.784 bits per heavy atom. The number of esters is 4. The highest BCUT2D eigenvalue weighted by molar-refractivity contribution is 7.47. The van der Waals surface area contributed by atoms with E-state index in [1.54, 1.807) is 0 Å². The first-order chi connectivity index (χ1) is 46.8. The van der Waals surface area contributed by atoms with Gasteiger partial charge in [-0.05, 0) is 43.4 Å². The minimum absolute atomic E-state index is 0.104. The van der Waals surface area contributed by atoms with Crippen LogP contribution in [-0.4, -0.2) is 96.7 Å². The predicted octanol–water partition coefficient (Wildman–Crippen LogP) is 23.0. The number of rotatable bonds is 76. The summed E-state index contributed by atoms with van der Waals surface area (Å²) >= 11 is 0. The lowest BCUT2D eigenvalue weighted by Gasteiger charge is -2.21. The van der Waals surface area contributed by atoms with Crippen LogP contribution >= 0.6 is 15.6 Å². The second kappa shape index (κ2) is 68.5. The van der Waals surface area contributed by atoms with Crippen molar-refractivity contribution in [1.82, 2.24) is 0 Å². The number of carbonyl (C=O) groups is 4. The van der Waals surface area contributed by atoms with Gasteiger partial charge in [-0.1, -0.05) is 350 Å². The van der Waals surface area contributed by atoms with Crippen molar-refractivity contribution < 1.29 is 80.2 Å². The second-order valence-electron chi connectivity index (χ2n) is 29.1. The molecule has 0 amide bonds. The standard InChI is InChI=1S/C78H152O17P2/c1-8-11-12-13-14-15-16-17-18-19-20-21-22-23-24-25-30-40-47-54-61-77(82)94-73(65-88-75(80)59-52-45-38-29-27-26-28-36-43-50-57-70(6)9-2)67-92-96(84,85)90-63-72(79)64-91-97(86,87)93-68-74(66-89-76(81)60-53-46-39-33-31-35-42-49-56-69(4)5)95-78(83)62-55-48-41-34-32-37-44-51-58-71(7)10-3/h69-74,79H,8-68H2,1-7H3,(H,84,85)(H,86,87)/t70?,71?,72-,73-,74-/m1/s1. The molecule has 3 N–H and O–H groups in total. The van der Waals surface area contributed by atoms with Crippen LogP contribution in [0.15, 0.2) is 0 Å². The Kier molecular flexibility index (Phi) is 67.1. The van der Waals surface area contributed by atoms with Crippen LogP contribution in [0.4, 0.5) is 0 Å². The topological polar surface area (TPSA) is 237 Å². The van der Waals surface area contributed by atoms with Gasteiger partial charge in [0.05, 0.1) is 26.4 Å². The van der Waals surface area contributed by atoms with E-state index in [2.05, 4.69) is 48.5 Å². The number of phosphoric acid groups is 2. The fraction of sp³-hybridized carbons (Fsp3) is 0.949. The molecule has 0 aliphatic heterocycles. The van der Waals surface area contributed by atoms with Crippen LogP contribution in [-0.2, 0) is 65.4 Å². The van der Waals surface area contributed by atoms with Gasteiger partial charge in [0, 0.05) is 25.7 Å². The third-order valence-electron chi connectivity index (χ3n) is 18.9. The Hall–Kier alpha value is -1.94. The second-order valence-corrected chi connectivity index (χ2v) is 32.0. The maximum atomic E-state index is 13.1. The molecule has 0 saturated carbocycles. The minimum Gasteiger partial charge on any atom is -0.462 e. The summed E-state index contributed by atoms with van der Waals surface area (Å²) in [4.78, 5) is 72.9. The van der Waals surface area contributed by atoms with Crippen molar-refractivity contribution in [2.24, 2.45) is 17.8 Å². The van der Waals surface area contributed by atoms with Crippen LogP contribution in [0.1, 0.15) is 402 Å². The van der Waals surface area contributed by atoms with Crippen LogP contribution in [0.2, 0.25) is 0 Å². The lowest BCUT2D eigenvalue weighted by Crippen LogP contribution is -2.30. The van der Waals surface area contributed by atoms with E-state index in [4.69, 9.17) is 37.0 Å². The van der Waals surface area contributed by atoms with Crippen LogP contribution in [0, 0.1) is 17.8 Å². The van der Waals surface area contributed by atoms with Crippen molar-refractivity contribution in [2.45, 2.75) is 420 Å². The van der Waals surface area contributed by atoms with Gasteiger partial charge in [0.25, 0.3) is 0 Å². The summed E-state index contributed by atoms with van der Waals surface area (Å²) < 4.78 is 68.6. The van der Waals surface area contributed by atoms with E-state index in [1.807, 2.05) is 0 Å². The lowest BCUT2D eigenvalue weighted by molar-refractivity contribution is -0.161. The number of ether oxygens (including phenoxy) is 4. The zero-order chi connectivity index (χ0) is 71.6. The number of phosphoric ester groups is 2. The normalized spacial score (nSPS) is 14.6. The highest BCUT2D eigenvalue weighted by Gasteiger charge is 2.30. The van der Waals surface area contributed by atoms with Gasteiger partial charge >= 0.3 is 39.5 Å². The number of aliphatic hydroxyl groups excluding tert-OH is 1. The van der Waals surface area contributed by atoms with Gasteiger partial charge in [-0.15, -0.1) is 0 Å². The van der Waals surface area contributed by atoms with Crippen LogP contribution < -0.4 is 0 Å². The van der Waals surface area contributed by atoms with Gasteiger partial charge in [0.2, 0.25) is 0 Å². The van der Waals surface area contributed by atoms with Gasteiger partial charge in [-0.3, -0.25) is 37.3 Å². The Morgan fingerprint density at radius 1 is 0.299 bits per heavy atom. The summed E-state index contributed by atoms with van der Waals surface area (Å²) in [7, 11) is -9.92. The molecule has 97 heavy (non-hydrogen) atoms. The molecule has 4 unspecified atom stereocenters. The van der Waals surface area contributed by atoms with Crippen LogP contribution in [0.25, 0.3) is 0 Å². The summed E-state index contributed by atoms with van der Waals surface area (Å²) in [5.74, 6) is 0.187. The van der Waals surface area contributed by atoms with Gasteiger partial charge in [-0.2, -0.15) is 0 Å². The van der Waals surface area contributed by atoms with Crippen molar-refractivity contribution in [3.63, 3.8) is 0 Å². The van der Waals surface area contributed by atoms with E-state index in [-0.39, 0.29) is 25.7 Å². The molecule has 0 bridgehead atoms. The highest BCUT2D eigenvalue weighted by Crippen LogP contribution is 2.45. The molecule has 0 aromatic heterocycles. The molecule has 0 aromatic carbocycles. The molecule has 576 valence electrons. The Labute approximate surface area is 594 Å². The number of aliphatic hydroxyl groups is 1. The molecule has 0 fully saturated rings. The summed E-state index contributed by atoms with van der Waals surface area (Å²) in [6.07, 6.45) is 55.5. The summed E-state index contributed by atoms with van der Waals surface area (Å²) in [5, 5.41) is 10.6. The molecule has 0 aromatic rings. The average molecular weight is 1420 g/mol. The maximum Gasteiger partial charge on any atom is 0.472 e. The zero-order valence-electron chi connectivity index (χ0n) is 63.5. The third-order valence-corrected chi connectivity index (χ3v) is 20.8. The summed E-state index contributed by atoms with van der Waals surface area (Å²) in [5.41, 5.74) is 0. The lowest BCUT2D eigenvalue weighted by atomic mass is 9.99. The summed E-state index contributed by atoms with van der Waals surface area (Å²) in [6.45, 7) is 11.9. The monoisotopic (exact) mass is 1420 g/mol. The SMILES string of the molecule is CCCCCCCCCCCCCCCCCCCCCCC(=O)O[C@H](COC(=O)CCCCCCCCCCCCC(C)CC)COP(=O)(O)OC[C@@H](O)COP(=O)(O)OC[C@@H](COC(=O)CCCCCCCCCCC(C)C)OC(=O)CCCCCCCCCCC(C)CC. The van der Waals surface area contributed by atoms with Crippen molar-refractivity contribution in [2.75, 3.05) is 39.6 Å². The van der Waals surface area contributed by atoms with Gasteiger partial charge < -0.3 is 33.8 Å². The van der Waals surface area contributed by atoms with E-state index in [9.17, 15) is 43.2 Å². The van der Waals surface area contributed by atoms with E-state index in [0.29, 0.717) is 25.7 Å². The molecule has 17 nitrogen and oxygen atoms in total. The van der Waals surface area contributed by atoms with Crippen LogP contribution in [0.3, 0.4) is 0 Å². The molecule has 0 rings (SSSR count).